The lowest BCUT2D eigenvalue weighted by Gasteiger charge is -2.44. The fraction of sp³-hybridized carbons (Fsp3) is 0.742. The van der Waals surface area contributed by atoms with Gasteiger partial charge < -0.3 is 29.5 Å². The van der Waals surface area contributed by atoms with Gasteiger partial charge >= 0.3 is 6.09 Å². The van der Waals surface area contributed by atoms with Crippen LogP contribution in [0, 0.1) is 11.8 Å². The summed E-state index contributed by atoms with van der Waals surface area (Å²) >= 11 is 0. The van der Waals surface area contributed by atoms with Crippen LogP contribution in [0.3, 0.4) is 0 Å². The predicted molar refractivity (Wildman–Crippen MR) is 156 cm³/mol. The lowest BCUT2D eigenvalue weighted by molar-refractivity contribution is -0.142. The molecule has 0 radical (unpaired) electrons. The maximum atomic E-state index is 14.4. The second-order valence-corrected chi connectivity index (χ2v) is 13.6. The van der Waals surface area contributed by atoms with Crippen LogP contribution in [-0.2, 0) is 14.3 Å². The van der Waals surface area contributed by atoms with Crippen LogP contribution in [-0.4, -0.2) is 101 Å². The van der Waals surface area contributed by atoms with Gasteiger partial charge in [-0.15, -0.1) is 0 Å². The van der Waals surface area contributed by atoms with Crippen molar-refractivity contribution in [3.8, 4) is 0 Å². The van der Waals surface area contributed by atoms with E-state index in [-0.39, 0.29) is 30.3 Å². The number of pyridine rings is 1. The van der Waals surface area contributed by atoms with Crippen molar-refractivity contribution in [3.63, 3.8) is 0 Å². The molecule has 0 unspecified atom stereocenters. The maximum absolute atomic E-state index is 14.4. The van der Waals surface area contributed by atoms with E-state index in [1.807, 2.05) is 36.8 Å². The van der Waals surface area contributed by atoms with Gasteiger partial charge in [0.1, 0.15) is 5.60 Å². The zero-order chi connectivity index (χ0) is 29.3. The number of rotatable bonds is 8. The molecule has 41 heavy (non-hydrogen) atoms. The number of hydrogen-bond donors (Lipinski definition) is 1. The molecular formula is C31H47N5O5. The van der Waals surface area contributed by atoms with Gasteiger partial charge in [0.2, 0.25) is 5.91 Å². The molecule has 5 rings (SSSR count). The number of nitrogens with one attached hydrogen (secondary N) is 1. The smallest absolute Gasteiger partial charge is 0.410 e. The Morgan fingerprint density at radius 2 is 1.80 bits per heavy atom. The summed E-state index contributed by atoms with van der Waals surface area (Å²) in [6.07, 6.45) is 6.40. The topological polar surface area (TPSA) is 104 Å². The van der Waals surface area contributed by atoms with Gasteiger partial charge in [0.05, 0.1) is 30.9 Å². The molecule has 10 heteroatoms. The average molecular weight is 570 g/mol. The van der Waals surface area contributed by atoms with Crippen LogP contribution in [0.25, 0.3) is 0 Å². The third kappa shape index (κ3) is 7.70. The van der Waals surface area contributed by atoms with E-state index < -0.39 is 17.6 Å². The molecule has 2 aliphatic carbocycles. The van der Waals surface area contributed by atoms with Crippen LogP contribution in [0.1, 0.15) is 88.7 Å². The van der Waals surface area contributed by atoms with Gasteiger partial charge in [-0.05, 0) is 76.3 Å². The first-order chi connectivity index (χ1) is 19.5. The predicted octanol–water partition coefficient (Wildman–Crippen LogP) is 4.12. The molecule has 4 aliphatic rings. The molecule has 0 spiro atoms. The number of aromatic nitrogens is 1. The summed E-state index contributed by atoms with van der Waals surface area (Å²) in [5.41, 5.74) is 1.74. The van der Waals surface area contributed by atoms with Crippen molar-refractivity contribution in [1.29, 1.82) is 0 Å². The van der Waals surface area contributed by atoms with Crippen molar-refractivity contribution in [2.45, 2.75) is 90.3 Å². The Hall–Kier alpha value is -2.88. The fourth-order valence-corrected chi connectivity index (χ4v) is 5.77. The van der Waals surface area contributed by atoms with Gasteiger partial charge in [0.15, 0.2) is 5.69 Å². The molecule has 2 saturated heterocycles. The second-order valence-electron chi connectivity index (χ2n) is 13.6. The summed E-state index contributed by atoms with van der Waals surface area (Å²) in [6, 6.07) is 2.15. The molecule has 3 amide bonds. The molecule has 226 valence electrons. The van der Waals surface area contributed by atoms with Gasteiger partial charge in [0, 0.05) is 45.0 Å². The first-order valence-electron chi connectivity index (χ1n) is 15.4. The number of piperidine rings is 1. The van der Waals surface area contributed by atoms with E-state index in [4.69, 9.17) is 14.5 Å². The van der Waals surface area contributed by atoms with Gasteiger partial charge in [0.25, 0.3) is 5.91 Å². The summed E-state index contributed by atoms with van der Waals surface area (Å²) < 4.78 is 11.2. The zero-order valence-electron chi connectivity index (χ0n) is 25.4. The highest BCUT2D eigenvalue weighted by Crippen LogP contribution is 2.41. The van der Waals surface area contributed by atoms with Crippen LogP contribution in [0.2, 0.25) is 0 Å². The maximum Gasteiger partial charge on any atom is 0.410 e. The molecule has 4 fully saturated rings. The Labute approximate surface area is 244 Å². The van der Waals surface area contributed by atoms with Gasteiger partial charge in [-0.2, -0.15) is 0 Å². The van der Waals surface area contributed by atoms with Crippen molar-refractivity contribution in [1.82, 2.24) is 19.7 Å². The summed E-state index contributed by atoms with van der Waals surface area (Å²) in [5, 5.41) is 3.56. The molecule has 3 heterocycles. The average Bonchev–Trinajstić information content (AvgIpc) is 3.85. The lowest BCUT2D eigenvalue weighted by atomic mass is 9.91. The minimum absolute atomic E-state index is 0.00602. The van der Waals surface area contributed by atoms with Crippen molar-refractivity contribution in [2.75, 3.05) is 51.3 Å². The highest BCUT2D eigenvalue weighted by molar-refractivity contribution is 5.98. The number of hydrogen-bond acceptors (Lipinski definition) is 7. The van der Waals surface area contributed by atoms with E-state index in [9.17, 15) is 14.4 Å². The van der Waals surface area contributed by atoms with Crippen LogP contribution in [0.4, 0.5) is 10.5 Å². The summed E-state index contributed by atoms with van der Waals surface area (Å²) in [4.78, 5) is 51.4. The Morgan fingerprint density at radius 3 is 2.41 bits per heavy atom. The van der Waals surface area contributed by atoms with Crippen LogP contribution < -0.4 is 5.32 Å². The van der Waals surface area contributed by atoms with Crippen molar-refractivity contribution in [2.24, 2.45) is 11.8 Å². The van der Waals surface area contributed by atoms with Gasteiger partial charge in [-0.25, -0.2) is 9.78 Å². The Kier molecular flexibility index (Phi) is 8.78. The normalized spacial score (nSPS) is 23.4. The number of morpholine rings is 1. The summed E-state index contributed by atoms with van der Waals surface area (Å²) in [6.45, 7) is 12.8. The second kappa shape index (κ2) is 12.2. The van der Waals surface area contributed by atoms with E-state index in [0.717, 1.165) is 18.5 Å². The van der Waals surface area contributed by atoms with E-state index in [2.05, 4.69) is 25.2 Å². The molecule has 0 aromatic carbocycles. The molecular weight excluding hydrogens is 522 g/mol. The van der Waals surface area contributed by atoms with Crippen LogP contribution in [0.15, 0.2) is 12.3 Å². The zero-order valence-corrected chi connectivity index (χ0v) is 25.4. The standard InChI is InChI=1S/C31H47N5O5/c1-20(2)17-36(29(38)27-26(33-24-8-9-24)15-22(16-32-27)21-6-7-21)25-14-23(28(37)34-10-12-40-13-11-34)18-35(19-25)30(39)41-31(3,4)5/h15-16,20-21,23-25,33H,6-14,17-19H2,1-5H3/t23-,25+/m1/s1. The highest BCUT2D eigenvalue weighted by Gasteiger charge is 2.42. The van der Waals surface area contributed by atoms with Gasteiger partial charge in [-0.1, -0.05) is 13.8 Å². The SMILES string of the molecule is CC(C)CN(C(=O)c1ncc(C2CC2)cc1NC1CC1)[C@H]1C[C@@H](C(=O)N2CCOCC2)CN(C(=O)OC(C)(C)C)C1. The van der Waals surface area contributed by atoms with Crippen LogP contribution >= 0.6 is 0 Å². The number of carbonyl (C=O) groups is 3. The Bertz CT molecular complexity index is 1120. The number of ether oxygens (including phenoxy) is 2. The van der Waals surface area contributed by atoms with Crippen molar-refractivity contribution < 1.29 is 23.9 Å². The summed E-state index contributed by atoms with van der Waals surface area (Å²) in [5.74, 6) is 0.140. The largest absolute Gasteiger partial charge is 0.444 e. The molecule has 10 nitrogen and oxygen atoms in total. The first-order valence-corrected chi connectivity index (χ1v) is 15.4. The van der Waals surface area contributed by atoms with Gasteiger partial charge in [-0.3, -0.25) is 9.59 Å². The van der Waals surface area contributed by atoms with E-state index >= 15 is 0 Å². The third-order valence-electron chi connectivity index (χ3n) is 8.11. The number of amides is 3. The molecule has 0 bridgehead atoms. The van der Waals surface area contributed by atoms with E-state index in [1.54, 1.807) is 4.90 Å². The third-order valence-corrected chi connectivity index (χ3v) is 8.11. The monoisotopic (exact) mass is 569 g/mol. The number of nitrogens with zero attached hydrogens (tertiary/aromatic N) is 4. The fourth-order valence-electron chi connectivity index (χ4n) is 5.77. The number of likely N-dealkylation sites (tertiary alicyclic amines) is 1. The van der Waals surface area contributed by atoms with Crippen molar-refractivity contribution >= 4 is 23.6 Å². The molecule has 1 aromatic rings. The number of carbonyl (C=O) groups excluding carboxylic acids is 3. The molecule has 2 atom stereocenters. The Balaban J connectivity index is 1.44. The van der Waals surface area contributed by atoms with E-state index in [0.29, 0.717) is 63.5 Å². The minimum Gasteiger partial charge on any atom is -0.444 e. The summed E-state index contributed by atoms with van der Waals surface area (Å²) in [7, 11) is 0. The van der Waals surface area contributed by atoms with Crippen LogP contribution in [0.5, 0.6) is 0 Å². The molecule has 1 aromatic heterocycles. The molecule has 2 saturated carbocycles. The lowest BCUT2D eigenvalue weighted by Crippen LogP contribution is -2.58. The minimum atomic E-state index is -0.669. The van der Waals surface area contributed by atoms with E-state index in [1.165, 1.54) is 18.4 Å². The molecule has 2 aliphatic heterocycles. The Morgan fingerprint density at radius 1 is 1.10 bits per heavy atom. The first kappa shape index (κ1) is 29.6. The van der Waals surface area contributed by atoms with Crippen molar-refractivity contribution in [3.05, 3.63) is 23.5 Å². The quantitative estimate of drug-likeness (QED) is 0.502. The molecule has 1 N–H and O–H groups in total. The number of anilines is 1. The highest BCUT2D eigenvalue weighted by atomic mass is 16.6.